The average Bonchev–Trinajstić information content (AvgIpc) is 3.30. The topological polar surface area (TPSA) is 80.0 Å². The van der Waals surface area contributed by atoms with Crippen LogP contribution in [0.3, 0.4) is 0 Å². The fraction of sp³-hybridized carbons (Fsp3) is 0.231. The van der Waals surface area contributed by atoms with Gasteiger partial charge in [0, 0.05) is 11.3 Å². The summed E-state index contributed by atoms with van der Waals surface area (Å²) < 4.78 is 11.1. The molecule has 1 amide bonds. The summed E-state index contributed by atoms with van der Waals surface area (Å²) in [5.41, 5.74) is 3.57. The van der Waals surface area contributed by atoms with E-state index in [1.807, 2.05) is 39.0 Å². The third-order valence-electron chi connectivity index (χ3n) is 5.79. The van der Waals surface area contributed by atoms with Crippen LogP contribution in [0.2, 0.25) is 0 Å². The fourth-order valence-corrected chi connectivity index (χ4v) is 4.10. The number of benzene rings is 2. The van der Waals surface area contributed by atoms with Gasteiger partial charge in [0.05, 0.1) is 12.7 Å². The predicted octanol–water partition coefficient (Wildman–Crippen LogP) is 5.15. The molecule has 0 spiro atoms. The van der Waals surface area contributed by atoms with Crippen molar-refractivity contribution in [2.75, 3.05) is 12.0 Å². The Bertz CT molecular complexity index is 1270. The van der Waals surface area contributed by atoms with E-state index in [2.05, 4.69) is 0 Å². The minimum atomic E-state index is -0.884. The number of aliphatic hydroxyl groups excluding tert-OH is 1. The maximum atomic E-state index is 13.3. The maximum absolute atomic E-state index is 13.3. The summed E-state index contributed by atoms with van der Waals surface area (Å²) in [6, 6.07) is 13.5. The van der Waals surface area contributed by atoms with Crippen molar-refractivity contribution in [3.63, 3.8) is 0 Å². The molecule has 1 aliphatic heterocycles. The molecule has 1 aliphatic rings. The lowest BCUT2D eigenvalue weighted by Crippen LogP contribution is -2.30. The van der Waals surface area contributed by atoms with Crippen LogP contribution in [-0.4, -0.2) is 23.9 Å². The molecule has 0 bridgehead atoms. The van der Waals surface area contributed by atoms with Crippen LogP contribution in [0.15, 0.2) is 58.5 Å². The Kier molecular flexibility index (Phi) is 5.38. The SMILES string of the molecule is COc1ccc(/C(O)=C2/C(=O)C(=O)N(c3cc(C)ccc3C)C2c2ccc(C)o2)c(C)c1. The number of methoxy groups -OCH3 is 1. The number of carbonyl (C=O) groups excluding carboxylic acids is 2. The van der Waals surface area contributed by atoms with Gasteiger partial charge in [0.2, 0.25) is 0 Å². The first-order chi connectivity index (χ1) is 15.2. The van der Waals surface area contributed by atoms with Crippen molar-refractivity contribution in [2.24, 2.45) is 0 Å². The maximum Gasteiger partial charge on any atom is 0.300 e. The van der Waals surface area contributed by atoms with Gasteiger partial charge in [0.25, 0.3) is 11.7 Å². The molecule has 1 fully saturated rings. The van der Waals surface area contributed by atoms with E-state index in [0.29, 0.717) is 34.1 Å². The van der Waals surface area contributed by atoms with Gasteiger partial charge in [-0.05, 0) is 80.8 Å². The molecule has 0 aliphatic carbocycles. The van der Waals surface area contributed by atoms with Gasteiger partial charge >= 0.3 is 0 Å². The van der Waals surface area contributed by atoms with Crippen molar-refractivity contribution in [3.05, 3.63) is 87.9 Å². The Labute approximate surface area is 186 Å². The zero-order chi connectivity index (χ0) is 23.2. The minimum absolute atomic E-state index is 0.00137. The van der Waals surface area contributed by atoms with E-state index >= 15 is 0 Å². The zero-order valence-corrected chi connectivity index (χ0v) is 18.7. The molecule has 1 atom stereocenters. The number of ketones is 1. The zero-order valence-electron chi connectivity index (χ0n) is 18.7. The van der Waals surface area contributed by atoms with Crippen molar-refractivity contribution >= 4 is 23.1 Å². The van der Waals surface area contributed by atoms with Gasteiger partial charge in [-0.15, -0.1) is 0 Å². The first-order valence-electron chi connectivity index (χ1n) is 10.3. The molecule has 1 saturated heterocycles. The van der Waals surface area contributed by atoms with E-state index in [0.717, 1.165) is 11.1 Å². The van der Waals surface area contributed by atoms with Gasteiger partial charge in [0.1, 0.15) is 29.1 Å². The van der Waals surface area contributed by atoms with Crippen LogP contribution in [0.4, 0.5) is 5.69 Å². The highest BCUT2D eigenvalue weighted by Crippen LogP contribution is 2.44. The number of furan rings is 1. The van der Waals surface area contributed by atoms with Crippen molar-refractivity contribution < 1.29 is 23.8 Å². The Balaban J connectivity index is 1.97. The summed E-state index contributed by atoms with van der Waals surface area (Å²) in [6.07, 6.45) is 0. The quantitative estimate of drug-likeness (QED) is 0.351. The summed E-state index contributed by atoms with van der Waals surface area (Å²) in [7, 11) is 1.56. The average molecular weight is 431 g/mol. The molecule has 0 saturated carbocycles. The van der Waals surface area contributed by atoms with Crippen molar-refractivity contribution in [1.82, 2.24) is 0 Å². The molecular weight excluding hydrogens is 406 g/mol. The molecule has 1 aromatic heterocycles. The van der Waals surface area contributed by atoms with Gasteiger partial charge in [-0.2, -0.15) is 0 Å². The first-order valence-corrected chi connectivity index (χ1v) is 10.3. The molecule has 4 rings (SSSR count). The number of nitrogens with zero attached hydrogens (tertiary/aromatic N) is 1. The molecule has 1 unspecified atom stereocenters. The molecule has 6 heteroatoms. The standard InChI is InChI=1S/C26H25NO5/c1-14-6-7-15(2)20(12-14)27-23(21-11-8-17(4)32-21)22(25(29)26(27)30)24(28)19-10-9-18(31-5)13-16(19)3/h6-13,23,28H,1-5H3/b24-22-. The molecule has 3 aromatic rings. The number of aliphatic hydroxyl groups is 1. The second-order valence-electron chi connectivity index (χ2n) is 8.09. The highest BCUT2D eigenvalue weighted by atomic mass is 16.5. The lowest BCUT2D eigenvalue weighted by Gasteiger charge is -2.25. The second kappa shape index (κ2) is 8.04. The number of aryl methyl sites for hydroxylation is 4. The van der Waals surface area contributed by atoms with Gasteiger partial charge in [-0.1, -0.05) is 12.1 Å². The van der Waals surface area contributed by atoms with Crippen molar-refractivity contribution in [2.45, 2.75) is 33.7 Å². The van der Waals surface area contributed by atoms with Crippen LogP contribution < -0.4 is 9.64 Å². The summed E-state index contributed by atoms with van der Waals surface area (Å²) >= 11 is 0. The lowest BCUT2D eigenvalue weighted by molar-refractivity contribution is -0.132. The highest BCUT2D eigenvalue weighted by molar-refractivity contribution is 6.51. The van der Waals surface area contributed by atoms with Crippen LogP contribution >= 0.6 is 0 Å². The summed E-state index contributed by atoms with van der Waals surface area (Å²) in [5.74, 6) is -0.00546. The molecule has 6 nitrogen and oxygen atoms in total. The predicted molar refractivity (Wildman–Crippen MR) is 122 cm³/mol. The Morgan fingerprint density at radius 3 is 2.34 bits per heavy atom. The Morgan fingerprint density at radius 2 is 1.72 bits per heavy atom. The summed E-state index contributed by atoms with van der Waals surface area (Å²) in [5, 5.41) is 11.3. The van der Waals surface area contributed by atoms with Gasteiger partial charge < -0.3 is 14.3 Å². The number of carbonyl (C=O) groups is 2. The normalized spacial score (nSPS) is 17.8. The fourth-order valence-electron chi connectivity index (χ4n) is 4.10. The number of hydrogen-bond acceptors (Lipinski definition) is 5. The largest absolute Gasteiger partial charge is 0.507 e. The van der Waals surface area contributed by atoms with Crippen molar-refractivity contribution in [3.8, 4) is 5.75 Å². The lowest BCUT2D eigenvalue weighted by atomic mass is 9.96. The highest BCUT2D eigenvalue weighted by Gasteiger charge is 2.48. The first kappa shape index (κ1) is 21.4. The number of rotatable bonds is 4. The second-order valence-corrected chi connectivity index (χ2v) is 8.09. The van der Waals surface area contributed by atoms with Crippen LogP contribution in [0, 0.1) is 27.7 Å². The number of hydrogen-bond donors (Lipinski definition) is 1. The van der Waals surface area contributed by atoms with Crippen LogP contribution in [0.25, 0.3) is 5.76 Å². The van der Waals surface area contributed by atoms with E-state index in [4.69, 9.17) is 9.15 Å². The molecule has 2 aromatic carbocycles. The molecule has 32 heavy (non-hydrogen) atoms. The van der Waals surface area contributed by atoms with Gasteiger partial charge in [-0.3, -0.25) is 14.5 Å². The number of anilines is 1. The third kappa shape index (κ3) is 3.47. The van der Waals surface area contributed by atoms with E-state index < -0.39 is 17.7 Å². The van der Waals surface area contributed by atoms with Crippen LogP contribution in [0.1, 0.15) is 39.8 Å². The van der Waals surface area contributed by atoms with E-state index in [1.54, 1.807) is 44.4 Å². The minimum Gasteiger partial charge on any atom is -0.507 e. The Hall–Kier alpha value is -3.80. The van der Waals surface area contributed by atoms with E-state index in [9.17, 15) is 14.7 Å². The summed E-state index contributed by atoms with van der Waals surface area (Å²) in [4.78, 5) is 27.9. The molecular formula is C26H25NO5. The molecule has 164 valence electrons. The molecule has 2 heterocycles. The van der Waals surface area contributed by atoms with E-state index in [1.165, 1.54) is 4.90 Å². The number of Topliss-reactive ketones (excluding diaryl/α,β-unsaturated/α-hetero) is 1. The smallest absolute Gasteiger partial charge is 0.300 e. The van der Waals surface area contributed by atoms with Crippen LogP contribution in [0.5, 0.6) is 5.75 Å². The van der Waals surface area contributed by atoms with Gasteiger partial charge in [-0.25, -0.2) is 0 Å². The third-order valence-corrected chi connectivity index (χ3v) is 5.79. The number of amides is 1. The molecule has 0 radical (unpaired) electrons. The van der Waals surface area contributed by atoms with Crippen LogP contribution in [-0.2, 0) is 9.59 Å². The molecule has 1 N–H and O–H groups in total. The number of ether oxygens (including phenoxy) is 1. The van der Waals surface area contributed by atoms with E-state index in [-0.39, 0.29) is 11.3 Å². The Morgan fingerprint density at radius 1 is 0.969 bits per heavy atom. The monoisotopic (exact) mass is 431 g/mol. The van der Waals surface area contributed by atoms with Gasteiger partial charge in [0.15, 0.2) is 0 Å². The van der Waals surface area contributed by atoms with Crippen molar-refractivity contribution in [1.29, 1.82) is 0 Å². The summed E-state index contributed by atoms with van der Waals surface area (Å²) in [6.45, 7) is 7.41.